The third-order valence-corrected chi connectivity index (χ3v) is 6.14. The Kier molecular flexibility index (Phi) is 3.90. The third kappa shape index (κ3) is 2.84. The molecule has 1 aromatic rings. The first-order chi connectivity index (χ1) is 9.17. The summed E-state index contributed by atoms with van der Waals surface area (Å²) in [6, 6.07) is 2.69. The number of nitrogens with zero attached hydrogens (tertiary/aromatic N) is 2. The van der Waals surface area contributed by atoms with E-state index in [1.54, 1.807) is 0 Å². The summed E-state index contributed by atoms with van der Waals surface area (Å²) in [5.74, 6) is 1.07. The van der Waals surface area contributed by atoms with Crippen molar-refractivity contribution in [2.24, 2.45) is 0 Å². The molecule has 2 heterocycles. The van der Waals surface area contributed by atoms with Crippen LogP contribution in [0.15, 0.2) is 12.3 Å². The van der Waals surface area contributed by atoms with E-state index in [4.69, 9.17) is 5.10 Å². The molecular formula is C15H24N2OS. The Morgan fingerprint density at radius 2 is 2.21 bits per heavy atom. The summed E-state index contributed by atoms with van der Waals surface area (Å²) >= 11 is 1.87. The van der Waals surface area contributed by atoms with Crippen LogP contribution < -0.4 is 0 Å². The van der Waals surface area contributed by atoms with Gasteiger partial charge in [-0.1, -0.05) is 26.2 Å². The lowest BCUT2D eigenvalue weighted by atomic mass is 9.92. The van der Waals surface area contributed by atoms with Crippen LogP contribution in [-0.2, 0) is 6.42 Å². The number of hydrogen-bond acceptors (Lipinski definition) is 3. The fourth-order valence-electron chi connectivity index (χ4n) is 3.34. The maximum absolute atomic E-state index is 10.7. The van der Waals surface area contributed by atoms with E-state index in [9.17, 15) is 5.11 Å². The second kappa shape index (κ2) is 5.49. The van der Waals surface area contributed by atoms with Crippen LogP contribution in [0.25, 0.3) is 0 Å². The van der Waals surface area contributed by atoms with Crippen LogP contribution in [0.2, 0.25) is 0 Å². The highest BCUT2D eigenvalue weighted by atomic mass is 32.2. The molecule has 0 amide bonds. The van der Waals surface area contributed by atoms with Gasteiger partial charge >= 0.3 is 0 Å². The van der Waals surface area contributed by atoms with Crippen molar-refractivity contribution in [1.82, 2.24) is 9.78 Å². The number of rotatable bonds is 3. The molecule has 2 unspecified atom stereocenters. The van der Waals surface area contributed by atoms with Crippen LogP contribution in [0.5, 0.6) is 0 Å². The monoisotopic (exact) mass is 280 g/mol. The molecule has 19 heavy (non-hydrogen) atoms. The summed E-state index contributed by atoms with van der Waals surface area (Å²) in [4.78, 5) is 0. The molecule has 0 aromatic carbocycles. The molecule has 1 aromatic heterocycles. The van der Waals surface area contributed by atoms with Crippen molar-refractivity contribution < 1.29 is 5.11 Å². The van der Waals surface area contributed by atoms with Crippen LogP contribution in [0.4, 0.5) is 0 Å². The Morgan fingerprint density at radius 3 is 2.89 bits per heavy atom. The van der Waals surface area contributed by atoms with E-state index in [2.05, 4.69) is 23.9 Å². The second-order valence-corrected chi connectivity index (χ2v) is 7.57. The van der Waals surface area contributed by atoms with E-state index in [1.165, 1.54) is 32.1 Å². The van der Waals surface area contributed by atoms with E-state index in [0.29, 0.717) is 17.7 Å². The molecule has 2 fully saturated rings. The predicted octanol–water partition coefficient (Wildman–Crippen LogP) is 3.19. The van der Waals surface area contributed by atoms with Crippen molar-refractivity contribution in [2.75, 3.05) is 5.75 Å². The number of hydrogen-bond donors (Lipinski definition) is 1. The number of thioether (sulfide) groups is 1. The van der Waals surface area contributed by atoms with Gasteiger partial charge in [-0.05, 0) is 31.1 Å². The highest BCUT2D eigenvalue weighted by Gasteiger charge is 2.39. The maximum atomic E-state index is 10.7. The molecule has 2 atom stereocenters. The summed E-state index contributed by atoms with van der Waals surface area (Å²) < 4.78 is 2.14. The van der Waals surface area contributed by atoms with E-state index >= 15 is 0 Å². The van der Waals surface area contributed by atoms with Crippen LogP contribution in [0.3, 0.4) is 0 Å². The minimum Gasteiger partial charge on any atom is -0.388 e. The van der Waals surface area contributed by atoms with Gasteiger partial charge in [0.25, 0.3) is 0 Å². The Balaban J connectivity index is 1.67. The normalized spacial score (nSPS) is 32.8. The van der Waals surface area contributed by atoms with Gasteiger partial charge in [-0.3, -0.25) is 4.68 Å². The third-order valence-electron chi connectivity index (χ3n) is 4.76. The van der Waals surface area contributed by atoms with E-state index < -0.39 is 5.60 Å². The molecule has 3 nitrogen and oxygen atoms in total. The van der Waals surface area contributed by atoms with Crippen molar-refractivity contribution in [1.29, 1.82) is 0 Å². The maximum Gasteiger partial charge on any atom is 0.0826 e. The topological polar surface area (TPSA) is 38.0 Å². The van der Waals surface area contributed by atoms with Crippen molar-refractivity contribution in [2.45, 2.75) is 68.8 Å². The highest BCUT2D eigenvalue weighted by Crippen LogP contribution is 2.37. The zero-order chi connectivity index (χ0) is 13.3. The molecule has 0 radical (unpaired) electrons. The highest BCUT2D eigenvalue weighted by molar-refractivity contribution is 8.00. The minimum absolute atomic E-state index is 0.326. The lowest BCUT2D eigenvalue weighted by Gasteiger charge is -2.26. The summed E-state index contributed by atoms with van der Waals surface area (Å²) in [5, 5.41) is 15.7. The van der Waals surface area contributed by atoms with Gasteiger partial charge in [-0.15, -0.1) is 0 Å². The molecule has 1 saturated heterocycles. The fraction of sp³-hybridized carbons (Fsp3) is 0.800. The van der Waals surface area contributed by atoms with Crippen LogP contribution in [-0.4, -0.2) is 31.5 Å². The molecule has 0 bridgehead atoms. The fourth-order valence-corrected chi connectivity index (χ4v) is 4.67. The average Bonchev–Trinajstić information content (AvgIpc) is 2.99. The standard InChI is InChI=1S/C15H24N2OS/c1-12-15(18,8-10-19-12)11-13-7-9-17(16-13)14-5-3-2-4-6-14/h7,9,12,14,18H,2-6,8,10-11H2,1H3. The van der Waals surface area contributed by atoms with Gasteiger partial charge in [-0.2, -0.15) is 16.9 Å². The Bertz CT molecular complexity index is 428. The van der Waals surface area contributed by atoms with Crippen LogP contribution in [0, 0.1) is 0 Å². The Hall–Kier alpha value is -0.480. The first-order valence-electron chi connectivity index (χ1n) is 7.55. The van der Waals surface area contributed by atoms with Gasteiger partial charge < -0.3 is 5.11 Å². The molecule has 1 aliphatic heterocycles. The van der Waals surface area contributed by atoms with Crippen molar-refractivity contribution in [3.05, 3.63) is 18.0 Å². The van der Waals surface area contributed by atoms with Gasteiger partial charge in [0.05, 0.1) is 17.3 Å². The molecule has 4 heteroatoms. The van der Waals surface area contributed by atoms with Gasteiger partial charge in [0.15, 0.2) is 0 Å². The minimum atomic E-state index is -0.545. The SMILES string of the molecule is CC1SCCC1(O)Cc1ccn(C2CCCCC2)n1. The summed E-state index contributed by atoms with van der Waals surface area (Å²) in [6.07, 6.45) is 10.3. The van der Waals surface area contributed by atoms with Crippen LogP contribution in [0.1, 0.15) is 57.2 Å². The number of aromatic nitrogens is 2. The van der Waals surface area contributed by atoms with Gasteiger partial charge in [0.1, 0.15) is 0 Å². The van der Waals surface area contributed by atoms with Gasteiger partial charge in [0, 0.05) is 17.9 Å². The lowest BCUT2D eigenvalue weighted by Crippen LogP contribution is -2.37. The van der Waals surface area contributed by atoms with E-state index in [-0.39, 0.29) is 0 Å². The largest absolute Gasteiger partial charge is 0.388 e. The molecule has 2 aliphatic rings. The molecule has 106 valence electrons. The van der Waals surface area contributed by atoms with Gasteiger partial charge in [-0.25, -0.2) is 0 Å². The van der Waals surface area contributed by atoms with E-state index in [1.807, 2.05) is 11.8 Å². The van der Waals surface area contributed by atoms with Crippen molar-refractivity contribution >= 4 is 11.8 Å². The lowest BCUT2D eigenvalue weighted by molar-refractivity contribution is 0.0452. The quantitative estimate of drug-likeness (QED) is 0.924. The zero-order valence-electron chi connectivity index (χ0n) is 11.7. The van der Waals surface area contributed by atoms with E-state index in [0.717, 1.165) is 17.9 Å². The molecule has 1 saturated carbocycles. The van der Waals surface area contributed by atoms with Crippen molar-refractivity contribution in [3.63, 3.8) is 0 Å². The Labute approximate surface area is 119 Å². The smallest absolute Gasteiger partial charge is 0.0826 e. The predicted molar refractivity (Wildman–Crippen MR) is 79.5 cm³/mol. The molecule has 3 rings (SSSR count). The summed E-state index contributed by atoms with van der Waals surface area (Å²) in [5.41, 5.74) is 0.513. The second-order valence-electron chi connectivity index (χ2n) is 6.12. The average molecular weight is 280 g/mol. The molecule has 0 spiro atoms. The first kappa shape index (κ1) is 13.5. The Morgan fingerprint density at radius 1 is 1.42 bits per heavy atom. The van der Waals surface area contributed by atoms with Crippen LogP contribution >= 0.6 is 11.8 Å². The number of aliphatic hydroxyl groups is 1. The summed E-state index contributed by atoms with van der Waals surface area (Å²) in [6.45, 7) is 2.13. The molecule has 1 aliphatic carbocycles. The van der Waals surface area contributed by atoms with Gasteiger partial charge in [0.2, 0.25) is 0 Å². The first-order valence-corrected chi connectivity index (χ1v) is 8.60. The molecule has 1 N–H and O–H groups in total. The van der Waals surface area contributed by atoms with Crippen molar-refractivity contribution in [3.8, 4) is 0 Å². The zero-order valence-corrected chi connectivity index (χ0v) is 12.5. The molecular weight excluding hydrogens is 256 g/mol. The summed E-state index contributed by atoms with van der Waals surface area (Å²) in [7, 11) is 0.